The Kier molecular flexibility index (Phi) is 10.6. The van der Waals surface area contributed by atoms with Gasteiger partial charge in [-0.05, 0) is 23.6 Å². The second-order valence-electron chi connectivity index (χ2n) is 7.47. The van der Waals surface area contributed by atoms with Gasteiger partial charge in [-0.3, -0.25) is 14.4 Å². The zero-order valence-electron chi connectivity index (χ0n) is 19.1. The van der Waals surface area contributed by atoms with Crippen LogP contribution in [-0.4, -0.2) is 49.9 Å². The third kappa shape index (κ3) is 8.93. The topological polar surface area (TPSA) is 140 Å². The van der Waals surface area contributed by atoms with E-state index < -0.39 is 29.6 Å². The summed E-state index contributed by atoms with van der Waals surface area (Å²) in [6.45, 7) is 6.38. The van der Waals surface area contributed by atoms with E-state index in [1.165, 1.54) is 33.1 Å². The Hall–Kier alpha value is -3.14. The van der Waals surface area contributed by atoms with Crippen molar-refractivity contribution in [3.63, 3.8) is 0 Å². The molecule has 0 aliphatic heterocycles. The van der Waals surface area contributed by atoms with Crippen molar-refractivity contribution in [2.24, 2.45) is 11.7 Å². The van der Waals surface area contributed by atoms with Crippen molar-refractivity contribution in [3.05, 3.63) is 23.8 Å². The fourth-order valence-electron chi connectivity index (χ4n) is 2.65. The molecule has 0 bridgehead atoms. The van der Waals surface area contributed by atoms with E-state index in [0.717, 1.165) is 6.42 Å². The zero-order valence-corrected chi connectivity index (χ0v) is 19.1. The van der Waals surface area contributed by atoms with Gasteiger partial charge in [0.1, 0.15) is 5.54 Å². The average molecular weight is 453 g/mol. The average Bonchev–Trinajstić information content (AvgIpc) is 2.72. The fraction of sp³-hybridized carbons (Fsp3) is 0.545. The summed E-state index contributed by atoms with van der Waals surface area (Å²) in [5.41, 5.74) is 5.25. The number of hydrogen-bond donors (Lipinski definition) is 1. The van der Waals surface area contributed by atoms with Crippen molar-refractivity contribution in [2.75, 3.05) is 20.3 Å². The molecule has 0 fully saturated rings. The zero-order chi connectivity index (χ0) is 24.3. The maximum Gasteiger partial charge on any atom is 0.508 e. The smallest absolute Gasteiger partial charge is 0.468 e. The molecule has 0 radical (unpaired) electrons. The van der Waals surface area contributed by atoms with Gasteiger partial charge in [0.05, 0.1) is 20.3 Å². The number of methoxy groups -OCH3 is 1. The van der Waals surface area contributed by atoms with Crippen LogP contribution in [0.1, 0.15) is 46.1 Å². The van der Waals surface area contributed by atoms with Gasteiger partial charge in [-0.2, -0.15) is 0 Å². The third-order valence-electron chi connectivity index (χ3n) is 4.58. The Morgan fingerprint density at radius 3 is 2.22 bits per heavy atom. The van der Waals surface area contributed by atoms with Crippen molar-refractivity contribution in [3.8, 4) is 11.5 Å². The molecule has 32 heavy (non-hydrogen) atoms. The van der Waals surface area contributed by atoms with E-state index in [0.29, 0.717) is 5.56 Å². The minimum atomic E-state index is -1.54. The van der Waals surface area contributed by atoms with E-state index in [1.807, 2.05) is 13.8 Å². The van der Waals surface area contributed by atoms with Crippen LogP contribution < -0.4 is 15.2 Å². The van der Waals surface area contributed by atoms with Crippen LogP contribution >= 0.6 is 0 Å². The molecule has 1 aromatic rings. The number of carbonyl (C=O) groups is 4. The van der Waals surface area contributed by atoms with Gasteiger partial charge in [0, 0.05) is 26.7 Å². The summed E-state index contributed by atoms with van der Waals surface area (Å²) in [4.78, 5) is 46.8. The van der Waals surface area contributed by atoms with Gasteiger partial charge in [0.25, 0.3) is 0 Å². The summed E-state index contributed by atoms with van der Waals surface area (Å²) in [6, 6.07) is 4.43. The Balaban J connectivity index is 2.93. The normalized spacial score (nSPS) is 13.3. The molecule has 1 unspecified atom stereocenters. The minimum Gasteiger partial charge on any atom is -0.468 e. The van der Waals surface area contributed by atoms with Crippen molar-refractivity contribution >= 4 is 24.1 Å². The van der Waals surface area contributed by atoms with E-state index in [9.17, 15) is 19.2 Å². The number of hydrogen-bond acceptors (Lipinski definition) is 10. The van der Waals surface area contributed by atoms with Crippen LogP contribution in [0.15, 0.2) is 18.2 Å². The first-order chi connectivity index (χ1) is 15.0. The number of carbonyl (C=O) groups excluding carboxylic acids is 4. The summed E-state index contributed by atoms with van der Waals surface area (Å²) in [5, 5.41) is 0. The largest absolute Gasteiger partial charge is 0.508 e. The molecule has 2 atom stereocenters. The maximum absolute atomic E-state index is 12.4. The molecular formula is C22H31NO9. The van der Waals surface area contributed by atoms with Crippen LogP contribution in [0.3, 0.4) is 0 Å². The van der Waals surface area contributed by atoms with E-state index in [-0.39, 0.29) is 43.5 Å². The van der Waals surface area contributed by atoms with Crippen LogP contribution in [-0.2, 0) is 35.0 Å². The van der Waals surface area contributed by atoms with Crippen molar-refractivity contribution < 1.29 is 42.9 Å². The Bertz CT molecular complexity index is 824. The van der Waals surface area contributed by atoms with E-state index in [4.69, 9.17) is 29.4 Å². The minimum absolute atomic E-state index is 0.00212. The molecule has 2 N–H and O–H groups in total. The summed E-state index contributed by atoms with van der Waals surface area (Å²) < 4.78 is 25.0. The van der Waals surface area contributed by atoms with Crippen LogP contribution in [0.4, 0.5) is 4.79 Å². The molecule has 0 spiro atoms. The van der Waals surface area contributed by atoms with Crippen molar-refractivity contribution in [2.45, 2.75) is 52.5 Å². The van der Waals surface area contributed by atoms with Gasteiger partial charge in [0.15, 0.2) is 11.5 Å². The van der Waals surface area contributed by atoms with Crippen LogP contribution in [0.2, 0.25) is 0 Å². The molecule has 10 heteroatoms. The van der Waals surface area contributed by atoms with Gasteiger partial charge in [-0.1, -0.05) is 26.3 Å². The van der Waals surface area contributed by atoms with Crippen molar-refractivity contribution in [1.29, 1.82) is 0 Å². The molecule has 178 valence electrons. The first-order valence-electron chi connectivity index (χ1n) is 10.2. The Labute approximate surface area is 187 Å². The predicted octanol–water partition coefficient (Wildman–Crippen LogP) is 2.54. The lowest BCUT2D eigenvalue weighted by molar-refractivity contribution is -0.147. The highest BCUT2D eigenvalue weighted by Gasteiger charge is 2.36. The number of ether oxygens (including phenoxy) is 5. The lowest BCUT2D eigenvalue weighted by Crippen LogP contribution is -2.51. The first-order valence-corrected chi connectivity index (χ1v) is 10.2. The molecule has 1 rings (SSSR count). The van der Waals surface area contributed by atoms with Gasteiger partial charge in [-0.15, -0.1) is 0 Å². The lowest BCUT2D eigenvalue weighted by atomic mass is 9.88. The number of rotatable bonds is 11. The SMILES string of the molecule is CC[C@H](C)COC(=O)OCCC(N)(Cc1ccc(OC(C)=O)c(OC(C)=O)c1)C(=O)OC. The highest BCUT2D eigenvalue weighted by molar-refractivity contribution is 5.81. The first kappa shape index (κ1) is 26.9. The quantitative estimate of drug-likeness (QED) is 0.392. The molecule has 0 aliphatic rings. The number of nitrogens with two attached hydrogens (primary N) is 1. The van der Waals surface area contributed by atoms with Gasteiger partial charge < -0.3 is 29.4 Å². The molecular weight excluding hydrogens is 422 g/mol. The summed E-state index contributed by atoms with van der Waals surface area (Å²) in [7, 11) is 1.19. The number of esters is 3. The van der Waals surface area contributed by atoms with Gasteiger partial charge >= 0.3 is 24.1 Å². The second kappa shape index (κ2) is 12.7. The molecule has 0 saturated carbocycles. The second-order valence-corrected chi connectivity index (χ2v) is 7.47. The van der Waals surface area contributed by atoms with E-state index >= 15 is 0 Å². The van der Waals surface area contributed by atoms with Crippen LogP contribution in [0, 0.1) is 5.92 Å². The lowest BCUT2D eigenvalue weighted by Gasteiger charge is -2.26. The molecule has 0 aromatic heterocycles. The van der Waals surface area contributed by atoms with Crippen molar-refractivity contribution in [1.82, 2.24) is 0 Å². The maximum atomic E-state index is 12.4. The summed E-state index contributed by atoms with van der Waals surface area (Å²) >= 11 is 0. The van der Waals surface area contributed by atoms with Crippen LogP contribution in [0.5, 0.6) is 11.5 Å². The van der Waals surface area contributed by atoms with Gasteiger partial charge in [-0.25, -0.2) is 4.79 Å². The summed E-state index contributed by atoms with van der Waals surface area (Å²) in [5.74, 6) is -1.68. The standard InChI is InChI=1S/C22H31NO9/c1-6-14(2)13-30-21(27)29-10-9-22(23,20(26)28-5)12-17-7-8-18(31-15(3)24)19(11-17)32-16(4)25/h7-8,11,14H,6,9-10,12-13,23H2,1-5H3/t14-,22?/m0/s1. The fourth-order valence-corrected chi connectivity index (χ4v) is 2.65. The van der Waals surface area contributed by atoms with E-state index in [1.54, 1.807) is 6.07 Å². The molecule has 0 aliphatic carbocycles. The van der Waals surface area contributed by atoms with E-state index in [2.05, 4.69) is 0 Å². The highest BCUT2D eigenvalue weighted by Crippen LogP contribution is 2.30. The molecule has 1 aromatic carbocycles. The summed E-state index contributed by atoms with van der Waals surface area (Å²) in [6.07, 6.45) is -0.0697. The van der Waals surface area contributed by atoms with Crippen LogP contribution in [0.25, 0.3) is 0 Å². The Morgan fingerprint density at radius 1 is 1.03 bits per heavy atom. The highest BCUT2D eigenvalue weighted by atomic mass is 16.7. The molecule has 0 saturated heterocycles. The third-order valence-corrected chi connectivity index (χ3v) is 4.58. The molecule has 10 nitrogen and oxygen atoms in total. The Morgan fingerprint density at radius 2 is 1.66 bits per heavy atom. The monoisotopic (exact) mass is 453 g/mol. The molecule has 0 amide bonds. The molecule has 0 heterocycles. The predicted molar refractivity (Wildman–Crippen MR) is 113 cm³/mol. The number of benzene rings is 1. The van der Waals surface area contributed by atoms with Gasteiger partial charge in [0.2, 0.25) is 0 Å².